The van der Waals surface area contributed by atoms with Gasteiger partial charge in [-0.2, -0.15) is 0 Å². The van der Waals surface area contributed by atoms with Crippen molar-refractivity contribution in [2.75, 3.05) is 14.2 Å². The number of carbonyl (C=O) groups excluding carboxylic acids is 1. The smallest absolute Gasteiger partial charge is 0.182 e. The van der Waals surface area contributed by atoms with Crippen molar-refractivity contribution < 1.29 is 14.3 Å². The first kappa shape index (κ1) is 11.5. The number of aryl methyl sites for hydroxylation is 1. The van der Waals surface area contributed by atoms with Crippen molar-refractivity contribution in [2.45, 2.75) is 19.8 Å². The third-order valence-electron chi connectivity index (χ3n) is 2.08. The predicted octanol–water partition coefficient (Wildman–Crippen LogP) is 1.62. The molecule has 1 rings (SSSR count). The average molecular weight is 209 g/mol. The van der Waals surface area contributed by atoms with Crippen molar-refractivity contribution in [1.29, 1.82) is 0 Å². The van der Waals surface area contributed by atoms with E-state index >= 15 is 0 Å². The molecule has 15 heavy (non-hydrogen) atoms. The molecule has 1 heterocycles. The third-order valence-corrected chi connectivity index (χ3v) is 2.08. The van der Waals surface area contributed by atoms with E-state index in [0.29, 0.717) is 24.3 Å². The van der Waals surface area contributed by atoms with Crippen LogP contribution < -0.4 is 9.47 Å². The lowest BCUT2D eigenvalue weighted by molar-refractivity contribution is -0.117. The van der Waals surface area contributed by atoms with Gasteiger partial charge in [0, 0.05) is 25.1 Å². The normalized spacial score (nSPS) is 9.80. The van der Waals surface area contributed by atoms with Gasteiger partial charge in [-0.15, -0.1) is 0 Å². The highest BCUT2D eigenvalue weighted by Crippen LogP contribution is 2.29. The van der Waals surface area contributed by atoms with Crippen molar-refractivity contribution in [2.24, 2.45) is 0 Å². The zero-order valence-electron chi connectivity index (χ0n) is 9.24. The van der Waals surface area contributed by atoms with E-state index in [9.17, 15) is 4.79 Å². The minimum absolute atomic E-state index is 0.140. The van der Waals surface area contributed by atoms with Crippen molar-refractivity contribution >= 4 is 5.78 Å². The van der Waals surface area contributed by atoms with E-state index in [1.807, 2.05) is 0 Å². The number of pyridine rings is 1. The summed E-state index contributed by atoms with van der Waals surface area (Å²) in [7, 11) is 3.14. The zero-order chi connectivity index (χ0) is 11.3. The molecule has 0 fully saturated rings. The second-order valence-corrected chi connectivity index (χ2v) is 3.20. The molecular weight excluding hydrogens is 194 g/mol. The molecule has 0 spiro atoms. The van der Waals surface area contributed by atoms with E-state index in [1.54, 1.807) is 33.4 Å². The van der Waals surface area contributed by atoms with Crippen molar-refractivity contribution in [3.8, 4) is 11.5 Å². The highest BCUT2D eigenvalue weighted by molar-refractivity contribution is 5.75. The van der Waals surface area contributed by atoms with Crippen LogP contribution in [0.2, 0.25) is 0 Å². The Morgan fingerprint density at radius 2 is 2.13 bits per heavy atom. The Morgan fingerprint density at radius 1 is 1.40 bits per heavy atom. The van der Waals surface area contributed by atoms with E-state index in [2.05, 4.69) is 4.98 Å². The topological polar surface area (TPSA) is 48.4 Å². The number of ketones is 1. The number of hydrogen-bond acceptors (Lipinski definition) is 4. The summed E-state index contributed by atoms with van der Waals surface area (Å²) in [6, 6.07) is 1.73. The second kappa shape index (κ2) is 5.34. The van der Waals surface area contributed by atoms with Gasteiger partial charge < -0.3 is 14.3 Å². The lowest BCUT2D eigenvalue weighted by Gasteiger charge is -2.10. The van der Waals surface area contributed by atoms with Crippen LogP contribution in [0.4, 0.5) is 0 Å². The van der Waals surface area contributed by atoms with Crippen LogP contribution in [0.25, 0.3) is 0 Å². The lowest BCUT2D eigenvalue weighted by Crippen LogP contribution is -2.01. The summed E-state index contributed by atoms with van der Waals surface area (Å²) >= 11 is 0. The molecule has 4 heteroatoms. The fraction of sp³-hybridized carbons (Fsp3) is 0.455. The van der Waals surface area contributed by atoms with Crippen LogP contribution in [0.3, 0.4) is 0 Å². The Bertz CT molecular complexity index is 350. The maximum atomic E-state index is 10.9. The van der Waals surface area contributed by atoms with Gasteiger partial charge in [-0.3, -0.25) is 4.98 Å². The molecule has 0 N–H and O–H groups in total. The third kappa shape index (κ3) is 2.94. The highest BCUT2D eigenvalue weighted by atomic mass is 16.5. The summed E-state index contributed by atoms with van der Waals surface area (Å²) in [6.07, 6.45) is 2.70. The second-order valence-electron chi connectivity index (χ2n) is 3.20. The maximum Gasteiger partial charge on any atom is 0.182 e. The van der Waals surface area contributed by atoms with E-state index < -0.39 is 0 Å². The molecule has 0 radical (unpaired) electrons. The molecule has 1 aromatic rings. The Balaban J connectivity index is 2.90. The van der Waals surface area contributed by atoms with Crippen LogP contribution in [0.1, 0.15) is 19.0 Å². The molecule has 0 aliphatic carbocycles. The number of carbonyl (C=O) groups is 1. The van der Waals surface area contributed by atoms with Crippen LogP contribution in [0.5, 0.6) is 11.5 Å². The maximum absolute atomic E-state index is 10.9. The molecular formula is C11H15NO3. The number of rotatable bonds is 5. The van der Waals surface area contributed by atoms with Crippen LogP contribution in [-0.2, 0) is 11.2 Å². The summed E-state index contributed by atoms with van der Waals surface area (Å²) in [4.78, 5) is 15.0. The van der Waals surface area contributed by atoms with Gasteiger partial charge in [-0.25, -0.2) is 0 Å². The van der Waals surface area contributed by atoms with E-state index in [4.69, 9.17) is 9.47 Å². The van der Waals surface area contributed by atoms with E-state index in [-0.39, 0.29) is 5.78 Å². The molecule has 0 bridgehead atoms. The van der Waals surface area contributed by atoms with Crippen LogP contribution in [0, 0.1) is 0 Å². The van der Waals surface area contributed by atoms with Crippen LogP contribution in [0.15, 0.2) is 12.3 Å². The molecule has 0 unspecified atom stereocenters. The van der Waals surface area contributed by atoms with Crippen LogP contribution in [-0.4, -0.2) is 25.0 Å². The Labute approximate surface area is 89.2 Å². The first-order valence-corrected chi connectivity index (χ1v) is 4.74. The first-order valence-electron chi connectivity index (χ1n) is 4.74. The van der Waals surface area contributed by atoms with Crippen molar-refractivity contribution in [3.63, 3.8) is 0 Å². The molecule has 1 aromatic heterocycles. The lowest BCUT2D eigenvalue weighted by atomic mass is 10.1. The molecule has 82 valence electrons. The highest BCUT2D eigenvalue weighted by Gasteiger charge is 2.11. The summed E-state index contributed by atoms with van der Waals surface area (Å²) in [6.45, 7) is 1.56. The molecule has 0 amide bonds. The molecule has 0 atom stereocenters. The average Bonchev–Trinajstić information content (AvgIpc) is 2.25. The van der Waals surface area contributed by atoms with E-state index in [1.165, 1.54) is 0 Å². The fourth-order valence-electron chi connectivity index (χ4n) is 1.32. The Hall–Kier alpha value is -1.58. The Kier molecular flexibility index (Phi) is 4.09. The van der Waals surface area contributed by atoms with Crippen LogP contribution >= 0.6 is 0 Å². The minimum Gasteiger partial charge on any atom is -0.493 e. The molecule has 0 saturated heterocycles. The molecule has 0 aliphatic rings. The SMILES string of the molecule is COc1ccnc(CCC(C)=O)c1OC. The van der Waals surface area contributed by atoms with Gasteiger partial charge in [0.05, 0.1) is 19.9 Å². The number of nitrogens with zero attached hydrogens (tertiary/aromatic N) is 1. The predicted molar refractivity (Wildman–Crippen MR) is 56.3 cm³/mol. The summed E-state index contributed by atoms with van der Waals surface area (Å²) in [5.41, 5.74) is 0.757. The van der Waals surface area contributed by atoms with Gasteiger partial charge >= 0.3 is 0 Å². The summed E-state index contributed by atoms with van der Waals surface area (Å²) in [5.74, 6) is 1.40. The summed E-state index contributed by atoms with van der Waals surface area (Å²) in [5, 5.41) is 0. The quantitative estimate of drug-likeness (QED) is 0.739. The number of aromatic nitrogens is 1. The molecule has 0 saturated carbocycles. The molecule has 0 aliphatic heterocycles. The van der Waals surface area contributed by atoms with Crippen molar-refractivity contribution in [1.82, 2.24) is 4.98 Å². The Morgan fingerprint density at radius 3 is 2.67 bits per heavy atom. The van der Waals surface area contributed by atoms with Gasteiger partial charge in [-0.05, 0) is 6.92 Å². The number of methoxy groups -OCH3 is 2. The van der Waals surface area contributed by atoms with E-state index in [0.717, 1.165) is 5.69 Å². The standard InChI is InChI=1S/C11H15NO3/c1-8(13)4-5-9-11(15-3)10(14-2)6-7-12-9/h6-7H,4-5H2,1-3H3. The van der Waals surface area contributed by atoms with Gasteiger partial charge in [0.15, 0.2) is 11.5 Å². The molecule has 0 aromatic carbocycles. The van der Waals surface area contributed by atoms with Gasteiger partial charge in [0.25, 0.3) is 0 Å². The summed E-state index contributed by atoms with van der Waals surface area (Å²) < 4.78 is 10.3. The largest absolute Gasteiger partial charge is 0.493 e. The number of Topliss-reactive ketones (excluding diaryl/α,β-unsaturated/α-hetero) is 1. The number of ether oxygens (including phenoxy) is 2. The minimum atomic E-state index is 0.140. The number of hydrogen-bond donors (Lipinski definition) is 0. The van der Waals surface area contributed by atoms with Gasteiger partial charge in [0.1, 0.15) is 5.78 Å². The monoisotopic (exact) mass is 209 g/mol. The first-order chi connectivity index (χ1) is 7.19. The molecule has 4 nitrogen and oxygen atoms in total. The van der Waals surface area contributed by atoms with Gasteiger partial charge in [0.2, 0.25) is 0 Å². The van der Waals surface area contributed by atoms with Gasteiger partial charge in [-0.1, -0.05) is 0 Å². The fourth-order valence-corrected chi connectivity index (χ4v) is 1.32. The van der Waals surface area contributed by atoms with Crippen molar-refractivity contribution in [3.05, 3.63) is 18.0 Å². The zero-order valence-corrected chi connectivity index (χ0v) is 9.24.